The van der Waals surface area contributed by atoms with Crippen LogP contribution in [0, 0.1) is 0 Å². The average molecular weight is 277 g/mol. The minimum Gasteiger partial charge on any atom is -0.504 e. The Morgan fingerprint density at radius 1 is 1.29 bits per heavy atom. The van der Waals surface area contributed by atoms with Gasteiger partial charge in [-0.1, -0.05) is 23.2 Å². The van der Waals surface area contributed by atoms with Crippen molar-refractivity contribution in [2.45, 2.75) is 12.8 Å². The number of nitrogens with one attached hydrogen (secondary N) is 1. The molecule has 0 bridgehead atoms. The molecule has 0 radical (unpaired) electrons. The van der Waals surface area contributed by atoms with Gasteiger partial charge < -0.3 is 10.4 Å². The third kappa shape index (κ3) is 3.39. The van der Waals surface area contributed by atoms with Crippen LogP contribution in [0.3, 0.4) is 0 Å². The lowest BCUT2D eigenvalue weighted by atomic mass is 10.3. The zero-order chi connectivity index (χ0) is 12.3. The van der Waals surface area contributed by atoms with Gasteiger partial charge in [-0.2, -0.15) is 5.06 Å². The molecule has 2 N–H and O–H groups in total. The Kier molecular flexibility index (Phi) is 4.34. The fourth-order valence-corrected chi connectivity index (χ4v) is 2.21. The lowest BCUT2D eigenvalue weighted by Gasteiger charge is -2.16. The van der Waals surface area contributed by atoms with Crippen molar-refractivity contribution < 1.29 is 9.94 Å². The first-order chi connectivity index (χ1) is 8.16. The van der Waals surface area contributed by atoms with Crippen LogP contribution in [0.1, 0.15) is 12.8 Å². The quantitative estimate of drug-likeness (QED) is 0.655. The van der Waals surface area contributed by atoms with Crippen molar-refractivity contribution >= 4 is 28.9 Å². The van der Waals surface area contributed by atoms with Gasteiger partial charge in [0.2, 0.25) is 0 Å². The molecule has 94 valence electrons. The minimum absolute atomic E-state index is 0.0129. The van der Waals surface area contributed by atoms with Gasteiger partial charge in [-0.3, -0.25) is 4.84 Å². The summed E-state index contributed by atoms with van der Waals surface area (Å²) in [6.07, 6.45) is 2.32. The molecule has 0 unspecified atom stereocenters. The van der Waals surface area contributed by atoms with Gasteiger partial charge in [-0.05, 0) is 25.0 Å². The summed E-state index contributed by atoms with van der Waals surface area (Å²) in [5, 5.41) is 15.2. The summed E-state index contributed by atoms with van der Waals surface area (Å²) in [4.78, 5) is 5.47. The van der Waals surface area contributed by atoms with Gasteiger partial charge in [0.15, 0.2) is 5.75 Å². The lowest BCUT2D eigenvalue weighted by molar-refractivity contribution is -0.135. The van der Waals surface area contributed by atoms with Gasteiger partial charge in [-0.15, -0.1) is 0 Å². The van der Waals surface area contributed by atoms with E-state index < -0.39 is 0 Å². The van der Waals surface area contributed by atoms with E-state index in [1.54, 1.807) is 6.07 Å². The minimum atomic E-state index is -0.0129. The van der Waals surface area contributed by atoms with E-state index in [2.05, 4.69) is 5.32 Å². The number of phenols is 1. The third-order valence-electron chi connectivity index (χ3n) is 2.60. The van der Waals surface area contributed by atoms with Gasteiger partial charge in [0.25, 0.3) is 0 Å². The first kappa shape index (κ1) is 12.8. The fraction of sp³-hybridized carbons (Fsp3) is 0.455. The Bertz CT molecular complexity index is 395. The molecule has 0 aromatic heterocycles. The molecular formula is C11H14Cl2N2O2. The summed E-state index contributed by atoms with van der Waals surface area (Å²) in [5.74, 6) is -0.0129. The molecule has 1 aromatic carbocycles. The van der Waals surface area contributed by atoms with E-state index in [-0.39, 0.29) is 17.5 Å². The molecule has 0 aliphatic carbocycles. The Morgan fingerprint density at radius 2 is 2.00 bits per heavy atom. The van der Waals surface area contributed by atoms with E-state index in [1.807, 2.05) is 5.06 Å². The summed E-state index contributed by atoms with van der Waals surface area (Å²) in [7, 11) is 0. The molecule has 1 saturated heterocycles. The number of halogens is 2. The van der Waals surface area contributed by atoms with Gasteiger partial charge in [-0.25, -0.2) is 0 Å². The highest BCUT2D eigenvalue weighted by Crippen LogP contribution is 2.34. The second-order valence-electron chi connectivity index (χ2n) is 3.87. The van der Waals surface area contributed by atoms with Gasteiger partial charge in [0.05, 0.1) is 10.7 Å². The highest BCUT2D eigenvalue weighted by atomic mass is 35.5. The number of aromatic hydroxyl groups is 1. The predicted octanol–water partition coefficient (Wildman–Crippen LogP) is 3.10. The van der Waals surface area contributed by atoms with Crippen molar-refractivity contribution in [2.24, 2.45) is 0 Å². The SMILES string of the molecule is Oc1c(Cl)cc(Cl)cc1NCON1CCCC1. The number of hydroxylamine groups is 2. The third-order valence-corrected chi connectivity index (χ3v) is 3.11. The van der Waals surface area contributed by atoms with E-state index >= 15 is 0 Å². The van der Waals surface area contributed by atoms with Crippen LogP contribution >= 0.6 is 23.2 Å². The van der Waals surface area contributed by atoms with E-state index in [0.29, 0.717) is 10.7 Å². The van der Waals surface area contributed by atoms with Gasteiger partial charge in [0, 0.05) is 18.1 Å². The van der Waals surface area contributed by atoms with Gasteiger partial charge >= 0.3 is 0 Å². The standard InChI is InChI=1S/C11H14Cl2N2O2/c12-8-5-9(13)11(16)10(6-8)14-7-17-15-3-1-2-4-15/h5-6,14,16H,1-4,7H2. The molecule has 6 heteroatoms. The summed E-state index contributed by atoms with van der Waals surface area (Å²) in [6, 6.07) is 3.10. The average Bonchev–Trinajstić information content (AvgIpc) is 2.78. The molecule has 0 saturated carbocycles. The van der Waals surface area contributed by atoms with Crippen molar-refractivity contribution in [1.29, 1.82) is 0 Å². The zero-order valence-corrected chi connectivity index (χ0v) is 10.8. The molecular weight excluding hydrogens is 263 g/mol. The van der Waals surface area contributed by atoms with Crippen molar-refractivity contribution in [1.82, 2.24) is 5.06 Å². The summed E-state index contributed by atoms with van der Waals surface area (Å²) in [5.41, 5.74) is 0.474. The number of hydrogen-bond donors (Lipinski definition) is 2. The summed E-state index contributed by atoms with van der Waals surface area (Å²) < 4.78 is 0. The second kappa shape index (κ2) is 5.78. The first-order valence-corrected chi connectivity index (χ1v) is 6.22. The van der Waals surface area contributed by atoms with Crippen LogP contribution < -0.4 is 5.32 Å². The predicted molar refractivity (Wildman–Crippen MR) is 68.5 cm³/mol. The maximum Gasteiger partial charge on any atom is 0.157 e. The number of rotatable bonds is 4. The number of anilines is 1. The molecule has 1 aliphatic heterocycles. The molecule has 1 aromatic rings. The molecule has 0 spiro atoms. The molecule has 1 fully saturated rings. The monoisotopic (exact) mass is 276 g/mol. The van der Waals surface area contributed by atoms with E-state index in [0.717, 1.165) is 25.9 Å². The van der Waals surface area contributed by atoms with Crippen molar-refractivity contribution in [3.8, 4) is 5.75 Å². The van der Waals surface area contributed by atoms with Crippen molar-refractivity contribution in [3.63, 3.8) is 0 Å². The number of hydrogen-bond acceptors (Lipinski definition) is 4. The summed E-state index contributed by atoms with van der Waals surface area (Å²) >= 11 is 11.6. The van der Waals surface area contributed by atoms with Crippen LogP contribution in [0.15, 0.2) is 12.1 Å². The zero-order valence-electron chi connectivity index (χ0n) is 9.25. The van der Waals surface area contributed by atoms with Crippen LogP contribution in [-0.2, 0) is 4.84 Å². The Hall–Kier alpha value is -0.680. The van der Waals surface area contributed by atoms with E-state index in [1.165, 1.54) is 6.07 Å². The maximum atomic E-state index is 9.69. The molecule has 1 heterocycles. The fourth-order valence-electron chi connectivity index (χ4n) is 1.72. The molecule has 17 heavy (non-hydrogen) atoms. The van der Waals surface area contributed by atoms with Crippen LogP contribution in [0.25, 0.3) is 0 Å². The summed E-state index contributed by atoms with van der Waals surface area (Å²) in [6.45, 7) is 2.18. The Balaban J connectivity index is 1.89. The number of benzene rings is 1. The molecule has 1 aliphatic rings. The Labute approximate surface area is 110 Å². The van der Waals surface area contributed by atoms with Crippen LogP contribution in [0.4, 0.5) is 5.69 Å². The highest BCUT2D eigenvalue weighted by Gasteiger charge is 2.12. The smallest absolute Gasteiger partial charge is 0.157 e. The van der Waals surface area contributed by atoms with Crippen molar-refractivity contribution in [2.75, 3.05) is 25.1 Å². The van der Waals surface area contributed by atoms with Gasteiger partial charge in [0.1, 0.15) is 6.73 Å². The largest absolute Gasteiger partial charge is 0.504 e. The normalized spacial score (nSPS) is 16.4. The number of phenolic OH excluding ortho intramolecular Hbond substituents is 1. The van der Waals surface area contributed by atoms with Crippen molar-refractivity contribution in [3.05, 3.63) is 22.2 Å². The lowest BCUT2D eigenvalue weighted by Crippen LogP contribution is -2.23. The molecule has 0 atom stereocenters. The van der Waals surface area contributed by atoms with E-state index in [4.69, 9.17) is 28.0 Å². The highest BCUT2D eigenvalue weighted by molar-refractivity contribution is 6.36. The molecule has 2 rings (SSSR count). The van der Waals surface area contributed by atoms with Crippen LogP contribution in [0.5, 0.6) is 5.75 Å². The van der Waals surface area contributed by atoms with Crippen LogP contribution in [-0.4, -0.2) is 30.0 Å². The maximum absolute atomic E-state index is 9.69. The van der Waals surface area contributed by atoms with Crippen LogP contribution in [0.2, 0.25) is 10.0 Å². The Morgan fingerprint density at radius 3 is 2.71 bits per heavy atom. The number of nitrogens with zero attached hydrogens (tertiary/aromatic N) is 1. The molecule has 4 nitrogen and oxygen atoms in total. The first-order valence-electron chi connectivity index (χ1n) is 5.46. The topological polar surface area (TPSA) is 44.7 Å². The van der Waals surface area contributed by atoms with E-state index in [9.17, 15) is 5.11 Å². The molecule has 0 amide bonds. The second-order valence-corrected chi connectivity index (χ2v) is 4.71.